The number of aliphatic hydroxyl groups is 1. The first-order chi connectivity index (χ1) is 9.40. The van der Waals surface area contributed by atoms with Gasteiger partial charge in [-0.15, -0.1) is 0 Å². The maximum atomic E-state index is 12.2. The van der Waals surface area contributed by atoms with Crippen molar-refractivity contribution in [3.05, 3.63) is 35.4 Å². The van der Waals surface area contributed by atoms with Gasteiger partial charge in [0.1, 0.15) is 0 Å². The van der Waals surface area contributed by atoms with Crippen molar-refractivity contribution < 1.29 is 18.3 Å². The monoisotopic (exact) mass is 302 g/mol. The van der Waals surface area contributed by atoms with Crippen LogP contribution in [0.3, 0.4) is 0 Å². The molecule has 0 aliphatic rings. The maximum Gasteiger partial charge on any atom is 0.218 e. The van der Waals surface area contributed by atoms with E-state index < -0.39 is 16.1 Å². The molecule has 0 fully saturated rings. The standard InChI is InChI=1S/C13H22N2O4S/c1-15(8-13(16)9-19-2)20(17,18)10-12-6-4-3-5-11(12)7-14/h3-6,13,16H,7-10,14H2,1-2H3. The van der Waals surface area contributed by atoms with Crippen molar-refractivity contribution in [3.8, 4) is 0 Å². The van der Waals surface area contributed by atoms with Crippen LogP contribution in [-0.2, 0) is 27.1 Å². The summed E-state index contributed by atoms with van der Waals surface area (Å²) in [6.07, 6.45) is -0.843. The highest BCUT2D eigenvalue weighted by molar-refractivity contribution is 7.88. The molecule has 0 amide bonds. The fraction of sp³-hybridized carbons (Fsp3) is 0.538. The number of methoxy groups -OCH3 is 1. The molecular weight excluding hydrogens is 280 g/mol. The predicted molar refractivity (Wildman–Crippen MR) is 77.5 cm³/mol. The highest BCUT2D eigenvalue weighted by atomic mass is 32.2. The Hall–Kier alpha value is -0.990. The second kappa shape index (κ2) is 7.70. The summed E-state index contributed by atoms with van der Waals surface area (Å²) in [7, 11) is -0.600. The Morgan fingerprint density at radius 2 is 1.95 bits per heavy atom. The summed E-state index contributed by atoms with van der Waals surface area (Å²) < 4.78 is 30.4. The first-order valence-corrected chi connectivity index (χ1v) is 7.89. The van der Waals surface area contributed by atoms with Crippen molar-refractivity contribution >= 4 is 10.0 Å². The van der Waals surface area contributed by atoms with Gasteiger partial charge in [-0.05, 0) is 11.1 Å². The Kier molecular flexibility index (Phi) is 6.57. The second-order valence-electron chi connectivity index (χ2n) is 4.62. The fourth-order valence-corrected chi connectivity index (χ4v) is 3.15. The molecule has 1 unspecified atom stereocenters. The number of rotatable bonds is 8. The number of hydrogen-bond donors (Lipinski definition) is 2. The van der Waals surface area contributed by atoms with Crippen LogP contribution in [0, 0.1) is 0 Å². The lowest BCUT2D eigenvalue weighted by atomic mass is 10.1. The highest BCUT2D eigenvalue weighted by Crippen LogP contribution is 2.14. The molecule has 6 nitrogen and oxygen atoms in total. The minimum Gasteiger partial charge on any atom is -0.389 e. The van der Waals surface area contributed by atoms with Crippen LogP contribution in [0.1, 0.15) is 11.1 Å². The summed E-state index contributed by atoms with van der Waals surface area (Å²) in [6.45, 7) is 0.391. The molecule has 0 aliphatic carbocycles. The summed E-state index contributed by atoms with van der Waals surface area (Å²) >= 11 is 0. The minimum absolute atomic E-state index is 0.000958. The SMILES string of the molecule is COCC(O)CN(C)S(=O)(=O)Cc1ccccc1CN. The molecule has 0 saturated carbocycles. The summed E-state index contributed by atoms with van der Waals surface area (Å²) in [6, 6.07) is 7.16. The van der Waals surface area contributed by atoms with E-state index in [0.717, 1.165) is 9.87 Å². The van der Waals surface area contributed by atoms with E-state index in [1.807, 2.05) is 12.1 Å². The van der Waals surface area contributed by atoms with Crippen molar-refractivity contribution in [2.75, 3.05) is 27.3 Å². The Morgan fingerprint density at radius 3 is 2.50 bits per heavy atom. The van der Waals surface area contributed by atoms with Crippen LogP contribution >= 0.6 is 0 Å². The molecular formula is C13H22N2O4S. The van der Waals surface area contributed by atoms with E-state index >= 15 is 0 Å². The molecule has 1 atom stereocenters. The van der Waals surface area contributed by atoms with E-state index in [0.29, 0.717) is 12.1 Å². The quantitative estimate of drug-likeness (QED) is 0.700. The van der Waals surface area contributed by atoms with E-state index in [9.17, 15) is 13.5 Å². The molecule has 20 heavy (non-hydrogen) atoms. The van der Waals surface area contributed by atoms with Gasteiger partial charge in [-0.3, -0.25) is 0 Å². The predicted octanol–water partition coefficient (Wildman–Crippen LogP) is -0.0858. The van der Waals surface area contributed by atoms with Gasteiger partial charge in [-0.1, -0.05) is 24.3 Å². The fourth-order valence-electron chi connectivity index (χ4n) is 1.86. The number of aliphatic hydroxyl groups excluding tert-OH is 1. The average Bonchev–Trinajstić information content (AvgIpc) is 2.39. The number of likely N-dealkylation sites (N-methyl/N-ethyl adjacent to an activating group) is 1. The van der Waals surface area contributed by atoms with Crippen LogP contribution in [0.2, 0.25) is 0 Å². The van der Waals surface area contributed by atoms with Crippen LogP contribution in [0.15, 0.2) is 24.3 Å². The minimum atomic E-state index is -3.50. The number of ether oxygens (including phenoxy) is 1. The molecule has 1 aromatic rings. The van der Waals surface area contributed by atoms with Gasteiger partial charge in [-0.2, -0.15) is 0 Å². The molecule has 114 valence electrons. The molecule has 3 N–H and O–H groups in total. The summed E-state index contributed by atoms with van der Waals surface area (Å²) in [5, 5.41) is 9.60. The lowest BCUT2D eigenvalue weighted by Gasteiger charge is -2.20. The van der Waals surface area contributed by atoms with E-state index in [1.54, 1.807) is 12.1 Å². The van der Waals surface area contributed by atoms with Crippen LogP contribution in [0.5, 0.6) is 0 Å². The molecule has 0 aromatic heterocycles. The molecule has 0 bridgehead atoms. The lowest BCUT2D eigenvalue weighted by molar-refractivity contribution is 0.0554. The second-order valence-corrected chi connectivity index (χ2v) is 6.69. The summed E-state index contributed by atoms with van der Waals surface area (Å²) in [4.78, 5) is 0. The Labute approximate surface area is 120 Å². The van der Waals surface area contributed by atoms with Gasteiger partial charge in [0, 0.05) is 27.2 Å². The third-order valence-electron chi connectivity index (χ3n) is 2.98. The van der Waals surface area contributed by atoms with Crippen LogP contribution in [0.4, 0.5) is 0 Å². The third kappa shape index (κ3) is 4.84. The van der Waals surface area contributed by atoms with Gasteiger partial charge >= 0.3 is 0 Å². The number of benzene rings is 1. The molecule has 0 aliphatic heterocycles. The first kappa shape index (κ1) is 17.1. The third-order valence-corrected chi connectivity index (χ3v) is 4.75. The molecule has 0 saturated heterocycles. The maximum absolute atomic E-state index is 12.2. The van der Waals surface area contributed by atoms with Gasteiger partial charge in [0.25, 0.3) is 0 Å². The van der Waals surface area contributed by atoms with Gasteiger partial charge in [-0.25, -0.2) is 12.7 Å². The molecule has 1 aromatic carbocycles. The van der Waals surface area contributed by atoms with Crippen molar-refractivity contribution in [1.82, 2.24) is 4.31 Å². The van der Waals surface area contributed by atoms with Crippen molar-refractivity contribution in [2.45, 2.75) is 18.4 Å². The Morgan fingerprint density at radius 1 is 1.35 bits per heavy atom. The van der Waals surface area contributed by atoms with Crippen molar-refractivity contribution in [3.63, 3.8) is 0 Å². The average molecular weight is 302 g/mol. The topological polar surface area (TPSA) is 92.9 Å². The van der Waals surface area contributed by atoms with Gasteiger partial charge < -0.3 is 15.6 Å². The van der Waals surface area contributed by atoms with Crippen LogP contribution < -0.4 is 5.73 Å². The van der Waals surface area contributed by atoms with E-state index in [2.05, 4.69) is 0 Å². The largest absolute Gasteiger partial charge is 0.389 e. The Balaban J connectivity index is 2.78. The molecule has 0 radical (unpaired) electrons. The number of hydrogen-bond acceptors (Lipinski definition) is 5. The van der Waals surface area contributed by atoms with Crippen LogP contribution in [0.25, 0.3) is 0 Å². The highest BCUT2D eigenvalue weighted by Gasteiger charge is 2.22. The van der Waals surface area contributed by atoms with E-state index in [4.69, 9.17) is 10.5 Å². The van der Waals surface area contributed by atoms with Gasteiger partial charge in [0.2, 0.25) is 10.0 Å². The Bertz CT molecular complexity index is 519. The summed E-state index contributed by atoms with van der Waals surface area (Å²) in [5.74, 6) is -0.128. The van der Waals surface area contributed by atoms with E-state index in [1.165, 1.54) is 14.2 Å². The number of nitrogens with zero attached hydrogens (tertiary/aromatic N) is 1. The normalized spacial score (nSPS) is 13.7. The number of nitrogens with two attached hydrogens (primary N) is 1. The first-order valence-electron chi connectivity index (χ1n) is 6.28. The van der Waals surface area contributed by atoms with Gasteiger partial charge in [0.15, 0.2) is 0 Å². The molecule has 0 heterocycles. The van der Waals surface area contributed by atoms with Crippen molar-refractivity contribution in [2.24, 2.45) is 5.73 Å². The smallest absolute Gasteiger partial charge is 0.218 e. The molecule has 1 rings (SSSR count). The zero-order valence-electron chi connectivity index (χ0n) is 11.8. The summed E-state index contributed by atoms with van der Waals surface area (Å²) in [5.41, 5.74) is 7.09. The molecule has 7 heteroatoms. The van der Waals surface area contributed by atoms with E-state index in [-0.39, 0.29) is 18.9 Å². The van der Waals surface area contributed by atoms with Crippen molar-refractivity contribution in [1.29, 1.82) is 0 Å². The molecule has 0 spiro atoms. The number of sulfonamides is 1. The zero-order chi connectivity index (χ0) is 15.2. The zero-order valence-corrected chi connectivity index (χ0v) is 12.6. The van der Waals surface area contributed by atoms with Gasteiger partial charge in [0.05, 0.1) is 18.5 Å². The lowest BCUT2D eigenvalue weighted by Crippen LogP contribution is -2.37. The van der Waals surface area contributed by atoms with Crippen LogP contribution in [-0.4, -0.2) is 51.2 Å².